The molecule has 0 spiro atoms. The summed E-state index contributed by atoms with van der Waals surface area (Å²) in [6.07, 6.45) is 0. The third-order valence-corrected chi connectivity index (χ3v) is 3.02. The van der Waals surface area contributed by atoms with Crippen LogP contribution in [0.1, 0.15) is 6.92 Å². The van der Waals surface area contributed by atoms with E-state index in [4.69, 9.17) is 11.5 Å². The van der Waals surface area contributed by atoms with Crippen molar-refractivity contribution in [2.45, 2.75) is 17.9 Å². The molecule has 6 heteroatoms. The van der Waals surface area contributed by atoms with Gasteiger partial charge in [0.25, 0.3) is 0 Å². The molecule has 0 saturated carbocycles. The standard InChI is InChI=1S/C11H15N3O2S/c1-7(12)11(16)14-8-4-2-3-5-9(8)17-6-10(13)15/h2-5,7H,6,12H2,1H3,(H2,13,15)(H,14,16). The Bertz CT molecular complexity index is 421. The molecule has 1 rings (SSSR count). The van der Waals surface area contributed by atoms with E-state index in [1.807, 2.05) is 12.1 Å². The maximum absolute atomic E-state index is 11.5. The lowest BCUT2D eigenvalue weighted by Crippen LogP contribution is -2.32. The molecule has 92 valence electrons. The molecule has 0 heterocycles. The van der Waals surface area contributed by atoms with Crippen LogP contribution in [0.25, 0.3) is 0 Å². The van der Waals surface area contributed by atoms with E-state index in [1.165, 1.54) is 11.8 Å². The van der Waals surface area contributed by atoms with Gasteiger partial charge in [0.2, 0.25) is 11.8 Å². The second-order valence-corrected chi connectivity index (χ2v) is 4.55. The highest BCUT2D eigenvalue weighted by Gasteiger charge is 2.10. The zero-order chi connectivity index (χ0) is 12.8. The van der Waals surface area contributed by atoms with Crippen molar-refractivity contribution in [1.82, 2.24) is 0 Å². The Morgan fingerprint density at radius 3 is 2.65 bits per heavy atom. The van der Waals surface area contributed by atoms with Crippen LogP contribution in [0.2, 0.25) is 0 Å². The minimum atomic E-state index is -0.579. The Balaban J connectivity index is 2.77. The lowest BCUT2D eigenvalue weighted by atomic mass is 10.3. The van der Waals surface area contributed by atoms with Crippen molar-refractivity contribution in [3.05, 3.63) is 24.3 Å². The molecule has 1 aromatic carbocycles. The molecule has 0 aliphatic heterocycles. The quantitative estimate of drug-likeness (QED) is 0.667. The SMILES string of the molecule is CC(N)C(=O)Nc1ccccc1SCC(N)=O. The van der Waals surface area contributed by atoms with E-state index >= 15 is 0 Å². The van der Waals surface area contributed by atoms with Crippen LogP contribution in [0.4, 0.5) is 5.69 Å². The van der Waals surface area contributed by atoms with Gasteiger partial charge in [0.05, 0.1) is 17.5 Å². The Morgan fingerprint density at radius 2 is 2.06 bits per heavy atom. The summed E-state index contributed by atoms with van der Waals surface area (Å²) in [6.45, 7) is 1.61. The van der Waals surface area contributed by atoms with Crippen molar-refractivity contribution in [2.24, 2.45) is 11.5 Å². The van der Waals surface area contributed by atoms with Crippen molar-refractivity contribution in [3.63, 3.8) is 0 Å². The summed E-state index contributed by atoms with van der Waals surface area (Å²) in [4.78, 5) is 23.0. The van der Waals surface area contributed by atoms with Gasteiger partial charge in [-0.2, -0.15) is 0 Å². The van der Waals surface area contributed by atoms with Gasteiger partial charge in [0, 0.05) is 4.90 Å². The molecule has 5 nitrogen and oxygen atoms in total. The van der Waals surface area contributed by atoms with Gasteiger partial charge in [-0.1, -0.05) is 12.1 Å². The third-order valence-electron chi connectivity index (χ3n) is 1.93. The fourth-order valence-corrected chi connectivity index (χ4v) is 1.84. The first-order valence-corrected chi connectivity index (χ1v) is 6.06. The van der Waals surface area contributed by atoms with Crippen LogP contribution in [0, 0.1) is 0 Å². The fourth-order valence-electron chi connectivity index (χ4n) is 1.09. The van der Waals surface area contributed by atoms with Crippen molar-refractivity contribution >= 4 is 29.3 Å². The van der Waals surface area contributed by atoms with Crippen molar-refractivity contribution in [2.75, 3.05) is 11.1 Å². The molecular formula is C11H15N3O2S. The summed E-state index contributed by atoms with van der Waals surface area (Å²) >= 11 is 1.28. The predicted molar refractivity (Wildman–Crippen MR) is 68.6 cm³/mol. The number of para-hydroxylation sites is 1. The molecule has 1 aromatic rings. The number of carbonyl (C=O) groups excluding carboxylic acids is 2. The van der Waals surface area contributed by atoms with Crippen LogP contribution in [0.15, 0.2) is 29.2 Å². The minimum Gasteiger partial charge on any atom is -0.369 e. The van der Waals surface area contributed by atoms with Crippen molar-refractivity contribution in [3.8, 4) is 0 Å². The Kier molecular flexibility index (Phi) is 4.99. The van der Waals surface area contributed by atoms with Crippen LogP contribution in [-0.4, -0.2) is 23.6 Å². The van der Waals surface area contributed by atoms with Gasteiger partial charge < -0.3 is 16.8 Å². The maximum Gasteiger partial charge on any atom is 0.241 e. The third kappa shape index (κ3) is 4.46. The average molecular weight is 253 g/mol. The fraction of sp³-hybridized carbons (Fsp3) is 0.273. The van der Waals surface area contributed by atoms with E-state index in [0.717, 1.165) is 4.90 Å². The predicted octanol–water partition coefficient (Wildman–Crippen LogP) is 0.550. The normalized spacial score (nSPS) is 11.9. The van der Waals surface area contributed by atoms with Crippen LogP contribution < -0.4 is 16.8 Å². The number of thioether (sulfide) groups is 1. The maximum atomic E-state index is 11.5. The van der Waals surface area contributed by atoms with E-state index in [1.54, 1.807) is 19.1 Å². The topological polar surface area (TPSA) is 98.2 Å². The largest absolute Gasteiger partial charge is 0.369 e. The number of amides is 2. The number of benzene rings is 1. The lowest BCUT2D eigenvalue weighted by Gasteiger charge is -2.11. The minimum absolute atomic E-state index is 0.172. The molecular weight excluding hydrogens is 238 g/mol. The van der Waals surface area contributed by atoms with Gasteiger partial charge in [-0.25, -0.2) is 0 Å². The van der Waals surface area contributed by atoms with Crippen LogP contribution in [-0.2, 0) is 9.59 Å². The number of nitrogens with two attached hydrogens (primary N) is 2. The highest BCUT2D eigenvalue weighted by molar-refractivity contribution is 8.00. The second-order valence-electron chi connectivity index (χ2n) is 3.53. The van der Waals surface area contributed by atoms with Gasteiger partial charge >= 0.3 is 0 Å². The number of primary amides is 1. The van der Waals surface area contributed by atoms with Crippen molar-refractivity contribution in [1.29, 1.82) is 0 Å². The molecule has 0 saturated heterocycles. The van der Waals surface area contributed by atoms with Gasteiger partial charge in [0.1, 0.15) is 0 Å². The number of carbonyl (C=O) groups is 2. The first-order chi connectivity index (χ1) is 8.00. The summed E-state index contributed by atoms with van der Waals surface area (Å²) in [5.74, 6) is -0.495. The van der Waals surface area contributed by atoms with Gasteiger partial charge in [0.15, 0.2) is 0 Å². The molecule has 0 bridgehead atoms. The smallest absolute Gasteiger partial charge is 0.241 e. The highest BCUT2D eigenvalue weighted by Crippen LogP contribution is 2.26. The number of hydrogen-bond donors (Lipinski definition) is 3. The lowest BCUT2D eigenvalue weighted by molar-refractivity contribution is -0.117. The highest BCUT2D eigenvalue weighted by atomic mass is 32.2. The molecule has 0 aromatic heterocycles. The van der Waals surface area contributed by atoms with Crippen LogP contribution >= 0.6 is 11.8 Å². The summed E-state index contributed by atoms with van der Waals surface area (Å²) in [5, 5.41) is 2.70. The van der Waals surface area contributed by atoms with E-state index in [0.29, 0.717) is 5.69 Å². The van der Waals surface area contributed by atoms with Gasteiger partial charge in [-0.15, -0.1) is 11.8 Å². The molecule has 0 aliphatic carbocycles. The number of hydrogen-bond acceptors (Lipinski definition) is 4. The van der Waals surface area contributed by atoms with E-state index in [-0.39, 0.29) is 11.7 Å². The zero-order valence-corrected chi connectivity index (χ0v) is 10.3. The molecule has 0 radical (unpaired) electrons. The summed E-state index contributed by atoms with van der Waals surface area (Å²) in [5.41, 5.74) is 11.2. The Morgan fingerprint density at radius 1 is 1.41 bits per heavy atom. The van der Waals surface area contributed by atoms with Gasteiger partial charge in [-0.05, 0) is 19.1 Å². The Labute approximate surface area is 104 Å². The van der Waals surface area contributed by atoms with Crippen molar-refractivity contribution < 1.29 is 9.59 Å². The molecule has 2 amide bonds. The average Bonchev–Trinajstić information content (AvgIpc) is 2.27. The molecule has 17 heavy (non-hydrogen) atoms. The summed E-state index contributed by atoms with van der Waals surface area (Å²) < 4.78 is 0. The van der Waals surface area contributed by atoms with Crippen LogP contribution in [0.3, 0.4) is 0 Å². The number of nitrogens with one attached hydrogen (secondary N) is 1. The zero-order valence-electron chi connectivity index (χ0n) is 9.47. The molecule has 1 unspecified atom stereocenters. The second kappa shape index (κ2) is 6.27. The number of anilines is 1. The molecule has 1 atom stereocenters. The van der Waals surface area contributed by atoms with E-state index in [9.17, 15) is 9.59 Å². The molecule has 5 N–H and O–H groups in total. The van der Waals surface area contributed by atoms with E-state index in [2.05, 4.69) is 5.32 Å². The van der Waals surface area contributed by atoms with Crippen LogP contribution in [0.5, 0.6) is 0 Å². The molecule has 0 fully saturated rings. The van der Waals surface area contributed by atoms with E-state index < -0.39 is 11.9 Å². The first-order valence-electron chi connectivity index (χ1n) is 5.07. The first kappa shape index (κ1) is 13.5. The summed E-state index contributed by atoms with van der Waals surface area (Å²) in [7, 11) is 0. The summed E-state index contributed by atoms with van der Waals surface area (Å²) in [6, 6.07) is 6.61. The Hall–Kier alpha value is -1.53. The monoisotopic (exact) mass is 253 g/mol. The number of rotatable bonds is 5. The van der Waals surface area contributed by atoms with Gasteiger partial charge in [-0.3, -0.25) is 9.59 Å². The molecule has 0 aliphatic rings.